The maximum Gasteiger partial charge on any atom is 0.240 e. The number of nitrogens with two attached hydrogens (primary N) is 1. The van der Waals surface area contributed by atoms with Crippen LogP contribution in [0.3, 0.4) is 0 Å². The van der Waals surface area contributed by atoms with Gasteiger partial charge in [0.2, 0.25) is 11.8 Å². The van der Waals surface area contributed by atoms with Crippen LogP contribution in [0.5, 0.6) is 17.5 Å². The number of para-hydroxylation sites is 1. The number of benzene rings is 1. The monoisotopic (exact) mass is 272 g/mol. The molecule has 0 atom stereocenters. The largest absolute Gasteiger partial charge is 0.476 e. The number of ether oxygens (including phenoxy) is 2. The minimum atomic E-state index is 0.429. The summed E-state index contributed by atoms with van der Waals surface area (Å²) in [7, 11) is 0. The molecular weight excluding hydrogens is 252 g/mol. The first-order valence-electron chi connectivity index (χ1n) is 6.89. The van der Waals surface area contributed by atoms with E-state index in [1.54, 1.807) is 12.1 Å². The molecule has 2 aromatic rings. The Kier molecular flexibility index (Phi) is 4.82. The summed E-state index contributed by atoms with van der Waals surface area (Å²) < 4.78 is 11.3. The van der Waals surface area contributed by atoms with Gasteiger partial charge in [0.15, 0.2) is 0 Å². The Hall–Kier alpha value is -2.23. The number of nitrogen functional groups attached to an aromatic ring is 1. The van der Waals surface area contributed by atoms with Crippen LogP contribution in [0.25, 0.3) is 0 Å². The predicted molar refractivity (Wildman–Crippen MR) is 80.3 cm³/mol. The summed E-state index contributed by atoms with van der Waals surface area (Å²) in [5.41, 5.74) is 7.50. The standard InChI is InChI=1S/C16H20N2O2/c1-3-11-19-16-13(17)9-10-15(18-16)20-14-8-6-5-7-12(14)4-2/h5-10H,3-4,11,17H2,1-2H3. The minimum absolute atomic E-state index is 0.429. The Labute approximate surface area is 119 Å². The fourth-order valence-electron chi connectivity index (χ4n) is 1.81. The van der Waals surface area contributed by atoms with Crippen LogP contribution >= 0.6 is 0 Å². The maximum absolute atomic E-state index is 5.84. The van der Waals surface area contributed by atoms with Crippen molar-refractivity contribution >= 4 is 5.69 Å². The van der Waals surface area contributed by atoms with E-state index in [4.69, 9.17) is 15.2 Å². The van der Waals surface area contributed by atoms with Crippen molar-refractivity contribution in [3.05, 3.63) is 42.0 Å². The van der Waals surface area contributed by atoms with Crippen molar-refractivity contribution in [2.75, 3.05) is 12.3 Å². The highest BCUT2D eigenvalue weighted by Crippen LogP contribution is 2.28. The molecular formula is C16H20N2O2. The molecule has 2 N–H and O–H groups in total. The smallest absolute Gasteiger partial charge is 0.240 e. The first kappa shape index (κ1) is 14.2. The Balaban J connectivity index is 2.20. The molecule has 0 amide bonds. The van der Waals surface area contributed by atoms with Gasteiger partial charge in [-0.25, -0.2) is 0 Å². The Morgan fingerprint density at radius 3 is 2.65 bits per heavy atom. The molecule has 0 fully saturated rings. The van der Waals surface area contributed by atoms with Gasteiger partial charge < -0.3 is 15.2 Å². The molecule has 0 bridgehead atoms. The summed E-state index contributed by atoms with van der Waals surface area (Å²) in [5.74, 6) is 1.73. The first-order chi connectivity index (χ1) is 9.74. The fourth-order valence-corrected chi connectivity index (χ4v) is 1.81. The number of nitrogens with zero attached hydrogens (tertiary/aromatic N) is 1. The summed E-state index contributed by atoms with van der Waals surface area (Å²) in [5, 5.41) is 0. The second-order valence-electron chi connectivity index (χ2n) is 4.46. The molecule has 20 heavy (non-hydrogen) atoms. The van der Waals surface area contributed by atoms with Gasteiger partial charge >= 0.3 is 0 Å². The van der Waals surface area contributed by atoms with Crippen LogP contribution in [-0.2, 0) is 6.42 Å². The lowest BCUT2D eigenvalue weighted by Crippen LogP contribution is -2.02. The summed E-state index contributed by atoms with van der Waals surface area (Å²) in [4.78, 5) is 4.31. The average Bonchev–Trinajstić information content (AvgIpc) is 2.48. The van der Waals surface area contributed by atoms with Gasteiger partial charge in [0.25, 0.3) is 0 Å². The van der Waals surface area contributed by atoms with Crippen LogP contribution < -0.4 is 15.2 Å². The third kappa shape index (κ3) is 3.41. The van der Waals surface area contributed by atoms with Crippen molar-refractivity contribution in [3.8, 4) is 17.5 Å². The zero-order chi connectivity index (χ0) is 14.4. The number of aryl methyl sites for hydroxylation is 1. The molecule has 0 aliphatic rings. The number of aromatic nitrogens is 1. The zero-order valence-electron chi connectivity index (χ0n) is 11.9. The normalized spacial score (nSPS) is 10.3. The van der Waals surface area contributed by atoms with Crippen molar-refractivity contribution in [3.63, 3.8) is 0 Å². The lowest BCUT2D eigenvalue weighted by molar-refractivity contribution is 0.302. The lowest BCUT2D eigenvalue weighted by atomic mass is 10.1. The summed E-state index contributed by atoms with van der Waals surface area (Å²) in [6.45, 7) is 4.72. The third-order valence-electron chi connectivity index (χ3n) is 2.88. The molecule has 0 spiro atoms. The SMILES string of the molecule is CCCOc1nc(Oc2ccccc2CC)ccc1N. The van der Waals surface area contributed by atoms with Crippen molar-refractivity contribution in [1.29, 1.82) is 0 Å². The average molecular weight is 272 g/mol. The van der Waals surface area contributed by atoms with Crippen molar-refractivity contribution in [2.24, 2.45) is 0 Å². The zero-order valence-corrected chi connectivity index (χ0v) is 11.9. The van der Waals surface area contributed by atoms with Crippen LogP contribution in [0.2, 0.25) is 0 Å². The molecule has 0 aliphatic heterocycles. The Bertz CT molecular complexity index is 570. The molecule has 1 aromatic carbocycles. The summed E-state index contributed by atoms with van der Waals surface area (Å²) in [6.07, 6.45) is 1.81. The van der Waals surface area contributed by atoms with Crippen molar-refractivity contribution in [2.45, 2.75) is 26.7 Å². The molecule has 0 radical (unpaired) electrons. The molecule has 4 nitrogen and oxygen atoms in total. The van der Waals surface area contributed by atoms with E-state index < -0.39 is 0 Å². The van der Waals surface area contributed by atoms with Gasteiger partial charge in [-0.3, -0.25) is 0 Å². The van der Waals surface area contributed by atoms with E-state index in [-0.39, 0.29) is 0 Å². The van der Waals surface area contributed by atoms with E-state index in [0.717, 1.165) is 24.2 Å². The predicted octanol–water partition coefficient (Wildman–Crippen LogP) is 3.81. The van der Waals surface area contributed by atoms with Gasteiger partial charge in [-0.1, -0.05) is 32.0 Å². The number of hydrogen-bond acceptors (Lipinski definition) is 4. The molecule has 106 valence electrons. The van der Waals surface area contributed by atoms with Crippen LogP contribution in [0.4, 0.5) is 5.69 Å². The Morgan fingerprint density at radius 1 is 1.10 bits per heavy atom. The van der Waals surface area contributed by atoms with E-state index in [1.807, 2.05) is 31.2 Å². The van der Waals surface area contributed by atoms with E-state index >= 15 is 0 Å². The van der Waals surface area contributed by atoms with Gasteiger partial charge in [0, 0.05) is 6.07 Å². The molecule has 4 heteroatoms. The maximum atomic E-state index is 5.84. The van der Waals surface area contributed by atoms with Gasteiger partial charge in [0.1, 0.15) is 5.75 Å². The van der Waals surface area contributed by atoms with Gasteiger partial charge in [-0.05, 0) is 30.5 Å². The molecule has 2 rings (SSSR count). The molecule has 0 saturated heterocycles. The van der Waals surface area contributed by atoms with Gasteiger partial charge in [-0.2, -0.15) is 4.98 Å². The molecule has 0 unspecified atom stereocenters. The van der Waals surface area contributed by atoms with Crippen LogP contribution in [0.1, 0.15) is 25.8 Å². The second kappa shape index (κ2) is 6.80. The van der Waals surface area contributed by atoms with E-state index in [1.165, 1.54) is 0 Å². The molecule has 1 heterocycles. The van der Waals surface area contributed by atoms with Gasteiger partial charge in [-0.15, -0.1) is 0 Å². The lowest BCUT2D eigenvalue weighted by Gasteiger charge is -2.11. The second-order valence-corrected chi connectivity index (χ2v) is 4.46. The number of pyridine rings is 1. The number of hydrogen-bond donors (Lipinski definition) is 1. The number of rotatable bonds is 6. The van der Waals surface area contributed by atoms with Crippen LogP contribution in [0, 0.1) is 0 Å². The number of anilines is 1. The highest BCUT2D eigenvalue weighted by atomic mass is 16.5. The molecule has 1 aromatic heterocycles. The van der Waals surface area contributed by atoms with E-state index in [9.17, 15) is 0 Å². The summed E-state index contributed by atoms with van der Waals surface area (Å²) in [6, 6.07) is 11.4. The topological polar surface area (TPSA) is 57.4 Å². The first-order valence-corrected chi connectivity index (χ1v) is 6.89. The minimum Gasteiger partial charge on any atom is -0.476 e. The third-order valence-corrected chi connectivity index (χ3v) is 2.88. The van der Waals surface area contributed by atoms with Crippen molar-refractivity contribution in [1.82, 2.24) is 4.98 Å². The summed E-state index contributed by atoms with van der Waals surface area (Å²) >= 11 is 0. The Morgan fingerprint density at radius 2 is 1.90 bits per heavy atom. The highest BCUT2D eigenvalue weighted by Gasteiger charge is 2.08. The fraction of sp³-hybridized carbons (Fsp3) is 0.312. The molecule has 0 saturated carbocycles. The highest BCUT2D eigenvalue weighted by molar-refractivity contribution is 5.50. The van der Waals surface area contributed by atoms with Crippen LogP contribution in [-0.4, -0.2) is 11.6 Å². The molecule has 0 aliphatic carbocycles. The van der Waals surface area contributed by atoms with Gasteiger partial charge in [0.05, 0.1) is 12.3 Å². The van der Waals surface area contributed by atoms with E-state index in [2.05, 4.69) is 11.9 Å². The van der Waals surface area contributed by atoms with Crippen LogP contribution in [0.15, 0.2) is 36.4 Å². The van der Waals surface area contributed by atoms with Crippen molar-refractivity contribution < 1.29 is 9.47 Å². The van der Waals surface area contributed by atoms with E-state index in [0.29, 0.717) is 24.1 Å². The quantitative estimate of drug-likeness (QED) is 0.868.